The number of benzene rings is 1. The van der Waals surface area contributed by atoms with Gasteiger partial charge in [-0.25, -0.2) is 0 Å². The van der Waals surface area contributed by atoms with Crippen LogP contribution < -0.4 is 16.0 Å². The fourth-order valence-electron chi connectivity index (χ4n) is 1.73. The van der Waals surface area contributed by atoms with Gasteiger partial charge in [0.15, 0.2) is 0 Å². The van der Waals surface area contributed by atoms with Gasteiger partial charge in [0.05, 0.1) is 6.61 Å². The second-order valence-electron chi connectivity index (χ2n) is 4.44. The summed E-state index contributed by atoms with van der Waals surface area (Å²) in [7, 11) is 3.51. The molecule has 0 aliphatic heterocycles. The summed E-state index contributed by atoms with van der Waals surface area (Å²) in [5, 5.41) is 2.83. The summed E-state index contributed by atoms with van der Waals surface area (Å²) in [6.07, 6.45) is 0. The van der Waals surface area contributed by atoms with Crippen molar-refractivity contribution < 1.29 is 9.53 Å². The fraction of sp³-hybridized carbons (Fsp3) is 0.500. The molecule has 0 aliphatic carbocycles. The number of amides is 1. The summed E-state index contributed by atoms with van der Waals surface area (Å²) >= 11 is 0. The van der Waals surface area contributed by atoms with Crippen LogP contribution in [-0.4, -0.2) is 39.3 Å². The minimum atomic E-state index is -0.245. The molecule has 1 amide bonds. The fourth-order valence-corrected chi connectivity index (χ4v) is 1.73. The highest BCUT2D eigenvalue weighted by molar-refractivity contribution is 5.84. The number of ether oxygens (including phenoxy) is 1. The van der Waals surface area contributed by atoms with Crippen LogP contribution in [0.15, 0.2) is 24.3 Å². The van der Waals surface area contributed by atoms with Gasteiger partial charge in [-0.05, 0) is 24.6 Å². The molecule has 3 N–H and O–H groups in total. The molecule has 1 unspecified atom stereocenters. The van der Waals surface area contributed by atoms with Gasteiger partial charge in [0, 0.05) is 32.9 Å². The summed E-state index contributed by atoms with van der Waals surface area (Å²) < 4.78 is 4.91. The van der Waals surface area contributed by atoms with Gasteiger partial charge in [0.2, 0.25) is 5.91 Å². The lowest BCUT2D eigenvalue weighted by atomic mass is 10.1. The molecular formula is C14H23N3O2. The number of carbonyl (C=O) groups excluding carboxylic acids is 1. The number of anilines is 1. The molecule has 0 fully saturated rings. The topological polar surface area (TPSA) is 67.6 Å². The van der Waals surface area contributed by atoms with Gasteiger partial charge in [-0.2, -0.15) is 0 Å². The lowest BCUT2D eigenvalue weighted by Gasteiger charge is -2.26. The van der Waals surface area contributed by atoms with Gasteiger partial charge in [-0.15, -0.1) is 0 Å². The lowest BCUT2D eigenvalue weighted by Crippen LogP contribution is -2.44. The molecule has 0 saturated heterocycles. The Morgan fingerprint density at radius 3 is 2.89 bits per heavy atom. The van der Waals surface area contributed by atoms with Crippen LogP contribution in [0.2, 0.25) is 0 Å². The van der Waals surface area contributed by atoms with Crippen molar-refractivity contribution >= 4 is 11.6 Å². The molecule has 1 aromatic carbocycles. The molecule has 0 aliphatic rings. The standard InChI is InChI=1S/C14H23N3O2/c1-11(14(18)16-7-8-19-3)17(2)13-6-4-5-12(9-13)10-15/h4-6,9,11H,7-8,10,15H2,1-3H3,(H,16,18). The van der Waals surface area contributed by atoms with Crippen LogP contribution in [0.5, 0.6) is 0 Å². The third-order valence-corrected chi connectivity index (χ3v) is 3.12. The van der Waals surface area contributed by atoms with E-state index in [0.717, 1.165) is 11.3 Å². The molecule has 0 heterocycles. The third-order valence-electron chi connectivity index (χ3n) is 3.12. The van der Waals surface area contributed by atoms with Crippen LogP contribution in [0.4, 0.5) is 5.69 Å². The number of rotatable bonds is 7. The van der Waals surface area contributed by atoms with Gasteiger partial charge in [-0.3, -0.25) is 4.79 Å². The smallest absolute Gasteiger partial charge is 0.242 e. The van der Waals surface area contributed by atoms with Crippen molar-refractivity contribution in [2.24, 2.45) is 5.73 Å². The molecular weight excluding hydrogens is 242 g/mol. The van der Waals surface area contributed by atoms with Crippen molar-refractivity contribution in [3.63, 3.8) is 0 Å². The molecule has 0 radical (unpaired) electrons. The van der Waals surface area contributed by atoms with E-state index >= 15 is 0 Å². The van der Waals surface area contributed by atoms with E-state index in [9.17, 15) is 4.79 Å². The lowest BCUT2D eigenvalue weighted by molar-refractivity contribution is -0.122. The minimum Gasteiger partial charge on any atom is -0.383 e. The van der Waals surface area contributed by atoms with Gasteiger partial charge < -0.3 is 20.7 Å². The second-order valence-corrected chi connectivity index (χ2v) is 4.44. The summed E-state index contributed by atoms with van der Waals surface area (Å²) in [6, 6.07) is 7.64. The van der Waals surface area contributed by atoms with E-state index in [0.29, 0.717) is 19.7 Å². The number of carbonyl (C=O) groups is 1. The molecule has 1 aromatic rings. The summed E-state index contributed by atoms with van der Waals surface area (Å²) in [5.74, 6) is -0.0160. The third kappa shape index (κ3) is 4.54. The molecule has 0 saturated carbocycles. The van der Waals surface area contributed by atoms with Crippen LogP contribution in [0.25, 0.3) is 0 Å². The van der Waals surface area contributed by atoms with E-state index in [4.69, 9.17) is 10.5 Å². The first-order chi connectivity index (χ1) is 9.10. The van der Waals surface area contributed by atoms with E-state index in [1.54, 1.807) is 7.11 Å². The number of likely N-dealkylation sites (N-methyl/N-ethyl adjacent to an activating group) is 1. The van der Waals surface area contributed by atoms with Gasteiger partial charge in [0.25, 0.3) is 0 Å². The number of hydrogen-bond acceptors (Lipinski definition) is 4. The first kappa shape index (κ1) is 15.5. The average Bonchev–Trinajstić information content (AvgIpc) is 2.45. The van der Waals surface area contributed by atoms with E-state index in [-0.39, 0.29) is 11.9 Å². The molecule has 106 valence electrons. The van der Waals surface area contributed by atoms with E-state index in [1.807, 2.05) is 43.1 Å². The maximum atomic E-state index is 12.0. The number of nitrogens with one attached hydrogen (secondary N) is 1. The molecule has 0 spiro atoms. The van der Waals surface area contributed by atoms with Crippen LogP contribution in [0.3, 0.4) is 0 Å². The predicted octanol–water partition coefficient (Wildman–Crippen LogP) is 0.733. The minimum absolute atomic E-state index is 0.0160. The van der Waals surface area contributed by atoms with E-state index in [1.165, 1.54) is 0 Å². The van der Waals surface area contributed by atoms with Crippen molar-refractivity contribution in [2.75, 3.05) is 32.2 Å². The maximum absolute atomic E-state index is 12.0. The zero-order chi connectivity index (χ0) is 14.3. The highest BCUT2D eigenvalue weighted by atomic mass is 16.5. The Bertz CT molecular complexity index is 409. The summed E-state index contributed by atoms with van der Waals surface area (Å²) in [6.45, 7) is 3.41. The Kier molecular flexibility index (Phi) is 6.32. The van der Waals surface area contributed by atoms with Gasteiger partial charge in [0.1, 0.15) is 6.04 Å². The molecule has 1 rings (SSSR count). The van der Waals surface area contributed by atoms with Gasteiger partial charge >= 0.3 is 0 Å². The Morgan fingerprint density at radius 1 is 1.53 bits per heavy atom. The van der Waals surface area contributed by atoms with Crippen molar-refractivity contribution in [3.8, 4) is 0 Å². The van der Waals surface area contributed by atoms with E-state index in [2.05, 4.69) is 5.32 Å². The Morgan fingerprint density at radius 2 is 2.26 bits per heavy atom. The zero-order valence-electron chi connectivity index (χ0n) is 11.8. The van der Waals surface area contributed by atoms with Crippen LogP contribution in [0, 0.1) is 0 Å². The van der Waals surface area contributed by atoms with Gasteiger partial charge in [-0.1, -0.05) is 12.1 Å². The molecule has 0 bridgehead atoms. The highest BCUT2D eigenvalue weighted by Gasteiger charge is 2.17. The van der Waals surface area contributed by atoms with Crippen LogP contribution >= 0.6 is 0 Å². The zero-order valence-corrected chi connectivity index (χ0v) is 11.8. The SMILES string of the molecule is COCCNC(=O)C(C)N(C)c1cccc(CN)c1. The molecule has 5 nitrogen and oxygen atoms in total. The molecule has 19 heavy (non-hydrogen) atoms. The quantitative estimate of drug-likeness (QED) is 0.713. The highest BCUT2D eigenvalue weighted by Crippen LogP contribution is 2.16. The normalized spacial score (nSPS) is 12.0. The van der Waals surface area contributed by atoms with Crippen LogP contribution in [0.1, 0.15) is 12.5 Å². The van der Waals surface area contributed by atoms with Crippen molar-refractivity contribution in [2.45, 2.75) is 19.5 Å². The Labute approximate surface area is 114 Å². The molecule has 5 heteroatoms. The van der Waals surface area contributed by atoms with Crippen molar-refractivity contribution in [1.29, 1.82) is 0 Å². The largest absolute Gasteiger partial charge is 0.383 e. The molecule has 0 aromatic heterocycles. The number of hydrogen-bond donors (Lipinski definition) is 2. The Hall–Kier alpha value is -1.59. The number of methoxy groups -OCH3 is 1. The molecule has 1 atom stereocenters. The van der Waals surface area contributed by atoms with Crippen molar-refractivity contribution in [1.82, 2.24) is 5.32 Å². The summed E-state index contributed by atoms with van der Waals surface area (Å²) in [4.78, 5) is 13.9. The maximum Gasteiger partial charge on any atom is 0.242 e. The number of nitrogens with two attached hydrogens (primary N) is 1. The summed E-state index contributed by atoms with van der Waals surface area (Å²) in [5.41, 5.74) is 7.66. The average molecular weight is 265 g/mol. The first-order valence-electron chi connectivity index (χ1n) is 6.38. The van der Waals surface area contributed by atoms with E-state index < -0.39 is 0 Å². The first-order valence-corrected chi connectivity index (χ1v) is 6.38. The van der Waals surface area contributed by atoms with Crippen molar-refractivity contribution in [3.05, 3.63) is 29.8 Å². The Balaban J connectivity index is 2.64. The predicted molar refractivity (Wildman–Crippen MR) is 77.1 cm³/mol. The number of nitrogens with zero attached hydrogens (tertiary/aromatic N) is 1. The monoisotopic (exact) mass is 265 g/mol. The van der Waals surface area contributed by atoms with Crippen LogP contribution in [-0.2, 0) is 16.1 Å². The second kappa shape index (κ2) is 7.76.